The van der Waals surface area contributed by atoms with E-state index in [1.54, 1.807) is 6.07 Å². The average molecular weight is 287 g/mol. The van der Waals surface area contributed by atoms with Gasteiger partial charge in [0.2, 0.25) is 0 Å². The lowest BCUT2D eigenvalue weighted by Crippen LogP contribution is -2.20. The van der Waals surface area contributed by atoms with E-state index in [1.807, 2.05) is 19.1 Å². The highest BCUT2D eigenvalue weighted by molar-refractivity contribution is 5.21. The zero-order valence-electron chi connectivity index (χ0n) is 12.9. The number of aromatic nitrogens is 2. The van der Waals surface area contributed by atoms with Crippen LogP contribution in [0.3, 0.4) is 0 Å². The average Bonchev–Trinajstić information content (AvgIpc) is 2.37. The minimum absolute atomic E-state index is 0.223. The van der Waals surface area contributed by atoms with Crippen LogP contribution in [0, 0.1) is 18.7 Å². The normalized spacial score (nSPS) is 11.1. The monoisotopic (exact) mass is 287 g/mol. The first-order valence-electron chi connectivity index (χ1n) is 7.31. The third-order valence-corrected chi connectivity index (χ3v) is 3.06. The van der Waals surface area contributed by atoms with E-state index in [1.165, 1.54) is 12.1 Å². The van der Waals surface area contributed by atoms with Gasteiger partial charge in [-0.05, 0) is 43.1 Å². The summed E-state index contributed by atoms with van der Waals surface area (Å²) in [5.41, 5.74) is 2.81. The van der Waals surface area contributed by atoms with Gasteiger partial charge in [-0.15, -0.1) is 0 Å². The van der Waals surface area contributed by atoms with Crippen molar-refractivity contribution in [3.63, 3.8) is 0 Å². The highest BCUT2D eigenvalue weighted by atomic mass is 19.1. The molecule has 2 rings (SSSR count). The van der Waals surface area contributed by atoms with E-state index in [4.69, 9.17) is 0 Å². The van der Waals surface area contributed by atoms with Crippen LogP contribution in [0.1, 0.15) is 36.6 Å². The second kappa shape index (κ2) is 7.27. The van der Waals surface area contributed by atoms with Crippen LogP contribution >= 0.6 is 0 Å². The number of halogens is 1. The van der Waals surface area contributed by atoms with Gasteiger partial charge in [0, 0.05) is 18.7 Å². The van der Waals surface area contributed by atoms with Gasteiger partial charge in [-0.3, -0.25) is 0 Å². The van der Waals surface area contributed by atoms with Crippen LogP contribution in [0.5, 0.6) is 0 Å². The lowest BCUT2D eigenvalue weighted by Gasteiger charge is -2.09. The maximum absolute atomic E-state index is 13.2. The molecular weight excluding hydrogens is 265 g/mol. The third kappa shape index (κ3) is 5.23. The van der Waals surface area contributed by atoms with Crippen LogP contribution in [-0.4, -0.2) is 16.5 Å². The molecule has 4 heteroatoms. The van der Waals surface area contributed by atoms with Crippen LogP contribution < -0.4 is 5.32 Å². The smallest absolute Gasteiger partial charge is 0.133 e. The molecule has 1 heterocycles. The van der Waals surface area contributed by atoms with Gasteiger partial charge in [-0.2, -0.15) is 0 Å². The van der Waals surface area contributed by atoms with Crippen molar-refractivity contribution < 1.29 is 4.39 Å². The molecule has 0 saturated carbocycles. The summed E-state index contributed by atoms with van der Waals surface area (Å²) in [4.78, 5) is 9.00. The Kier molecular flexibility index (Phi) is 5.39. The standard InChI is InChI=1S/C17H22FN3/c1-12(2)10-19-11-16-7-13(3)20-17(21-16)9-14-5-4-6-15(18)8-14/h4-8,12,19H,9-11H2,1-3H3. The fraction of sp³-hybridized carbons (Fsp3) is 0.412. The number of nitrogens with zero attached hydrogens (tertiary/aromatic N) is 2. The van der Waals surface area contributed by atoms with Crippen LogP contribution in [0.15, 0.2) is 30.3 Å². The highest BCUT2D eigenvalue weighted by Crippen LogP contribution is 2.09. The number of nitrogens with one attached hydrogen (secondary N) is 1. The molecule has 21 heavy (non-hydrogen) atoms. The second-order valence-electron chi connectivity index (χ2n) is 5.75. The van der Waals surface area contributed by atoms with Crippen molar-refractivity contribution in [2.24, 2.45) is 5.92 Å². The maximum Gasteiger partial charge on any atom is 0.133 e. The summed E-state index contributed by atoms with van der Waals surface area (Å²) in [7, 11) is 0. The molecule has 0 spiro atoms. The molecule has 0 saturated heterocycles. The zero-order chi connectivity index (χ0) is 15.2. The first kappa shape index (κ1) is 15.6. The molecule has 0 fully saturated rings. The van der Waals surface area contributed by atoms with Crippen LogP contribution in [0.2, 0.25) is 0 Å². The van der Waals surface area contributed by atoms with E-state index in [0.29, 0.717) is 12.3 Å². The van der Waals surface area contributed by atoms with Crippen LogP contribution in [-0.2, 0) is 13.0 Å². The fourth-order valence-corrected chi connectivity index (χ4v) is 2.19. The van der Waals surface area contributed by atoms with Gasteiger partial charge in [0.1, 0.15) is 11.6 Å². The lowest BCUT2D eigenvalue weighted by molar-refractivity contribution is 0.547. The lowest BCUT2D eigenvalue weighted by atomic mass is 10.1. The summed E-state index contributed by atoms with van der Waals surface area (Å²) in [6, 6.07) is 8.57. The first-order chi connectivity index (χ1) is 10.0. The Balaban J connectivity index is 2.07. The topological polar surface area (TPSA) is 37.8 Å². The van der Waals surface area contributed by atoms with E-state index in [2.05, 4.69) is 29.1 Å². The van der Waals surface area contributed by atoms with Crippen molar-refractivity contribution in [3.8, 4) is 0 Å². The Labute approximate surface area is 125 Å². The van der Waals surface area contributed by atoms with Gasteiger partial charge < -0.3 is 5.32 Å². The van der Waals surface area contributed by atoms with Crippen molar-refractivity contribution in [1.82, 2.24) is 15.3 Å². The SMILES string of the molecule is Cc1cc(CNCC(C)C)nc(Cc2cccc(F)c2)n1. The van der Waals surface area contributed by atoms with Crippen LogP contribution in [0.25, 0.3) is 0 Å². The maximum atomic E-state index is 13.2. The summed E-state index contributed by atoms with van der Waals surface area (Å²) >= 11 is 0. The van der Waals surface area contributed by atoms with Gasteiger partial charge in [-0.25, -0.2) is 14.4 Å². The van der Waals surface area contributed by atoms with Crippen molar-refractivity contribution in [2.45, 2.75) is 33.7 Å². The van der Waals surface area contributed by atoms with E-state index in [-0.39, 0.29) is 5.82 Å². The Morgan fingerprint density at radius 1 is 1.19 bits per heavy atom. The molecule has 0 aliphatic carbocycles. The van der Waals surface area contributed by atoms with Gasteiger partial charge in [-0.1, -0.05) is 26.0 Å². The Morgan fingerprint density at radius 3 is 2.71 bits per heavy atom. The number of aryl methyl sites for hydroxylation is 1. The molecule has 0 bridgehead atoms. The molecule has 2 aromatic rings. The predicted molar refractivity (Wildman–Crippen MR) is 82.5 cm³/mol. The highest BCUT2D eigenvalue weighted by Gasteiger charge is 2.05. The quantitative estimate of drug-likeness (QED) is 0.886. The molecule has 0 unspecified atom stereocenters. The van der Waals surface area contributed by atoms with Crippen molar-refractivity contribution >= 4 is 0 Å². The predicted octanol–water partition coefficient (Wildman–Crippen LogP) is 3.26. The van der Waals surface area contributed by atoms with E-state index >= 15 is 0 Å². The fourth-order valence-electron chi connectivity index (χ4n) is 2.19. The van der Waals surface area contributed by atoms with E-state index in [0.717, 1.165) is 35.9 Å². The van der Waals surface area contributed by atoms with Crippen LogP contribution in [0.4, 0.5) is 4.39 Å². The molecule has 0 atom stereocenters. The van der Waals surface area contributed by atoms with E-state index < -0.39 is 0 Å². The molecule has 1 aromatic carbocycles. The van der Waals surface area contributed by atoms with Gasteiger partial charge in [0.25, 0.3) is 0 Å². The minimum atomic E-state index is -0.223. The summed E-state index contributed by atoms with van der Waals surface area (Å²) in [6.45, 7) is 8.00. The molecule has 1 aromatic heterocycles. The van der Waals surface area contributed by atoms with Crippen molar-refractivity contribution in [2.75, 3.05) is 6.54 Å². The summed E-state index contributed by atoms with van der Waals surface area (Å²) in [5.74, 6) is 1.13. The summed E-state index contributed by atoms with van der Waals surface area (Å²) in [5, 5.41) is 3.38. The molecule has 112 valence electrons. The minimum Gasteiger partial charge on any atom is -0.311 e. The number of hydrogen-bond donors (Lipinski definition) is 1. The van der Waals surface area contributed by atoms with Gasteiger partial charge in [0.05, 0.1) is 5.69 Å². The first-order valence-corrected chi connectivity index (χ1v) is 7.31. The molecule has 0 amide bonds. The van der Waals surface area contributed by atoms with Crippen molar-refractivity contribution in [3.05, 3.63) is 58.9 Å². The summed E-state index contributed by atoms with van der Waals surface area (Å²) < 4.78 is 13.2. The molecule has 0 aliphatic rings. The molecule has 1 N–H and O–H groups in total. The number of rotatable bonds is 6. The second-order valence-corrected chi connectivity index (χ2v) is 5.75. The number of hydrogen-bond acceptors (Lipinski definition) is 3. The largest absolute Gasteiger partial charge is 0.311 e. The Hall–Kier alpha value is -1.81. The van der Waals surface area contributed by atoms with E-state index in [9.17, 15) is 4.39 Å². The van der Waals surface area contributed by atoms with Gasteiger partial charge in [0.15, 0.2) is 0 Å². The Bertz CT molecular complexity index is 596. The molecule has 0 aliphatic heterocycles. The zero-order valence-corrected chi connectivity index (χ0v) is 12.9. The third-order valence-electron chi connectivity index (χ3n) is 3.06. The summed E-state index contributed by atoms with van der Waals surface area (Å²) in [6.07, 6.45) is 0.552. The Morgan fingerprint density at radius 2 is 2.00 bits per heavy atom. The molecule has 3 nitrogen and oxygen atoms in total. The molecular formula is C17H22FN3. The number of benzene rings is 1. The van der Waals surface area contributed by atoms with Crippen molar-refractivity contribution in [1.29, 1.82) is 0 Å². The molecule has 0 radical (unpaired) electrons. The van der Waals surface area contributed by atoms with Gasteiger partial charge >= 0.3 is 0 Å².